The van der Waals surface area contributed by atoms with Crippen molar-refractivity contribution < 1.29 is 9.90 Å². The van der Waals surface area contributed by atoms with Crippen LogP contribution in [-0.4, -0.2) is 30.2 Å². The molecule has 1 aliphatic heterocycles. The third-order valence-corrected chi connectivity index (χ3v) is 4.22. The fourth-order valence-corrected chi connectivity index (χ4v) is 2.88. The molecule has 0 radical (unpaired) electrons. The minimum absolute atomic E-state index is 0.0625. The first-order chi connectivity index (χ1) is 10.2. The average Bonchev–Trinajstić information content (AvgIpc) is 2.53. The van der Waals surface area contributed by atoms with E-state index in [1.54, 1.807) is 0 Å². The van der Waals surface area contributed by atoms with Crippen molar-refractivity contribution in [1.29, 1.82) is 0 Å². The predicted molar refractivity (Wildman–Crippen MR) is 85.3 cm³/mol. The van der Waals surface area contributed by atoms with Crippen molar-refractivity contribution in [1.82, 2.24) is 5.32 Å². The van der Waals surface area contributed by atoms with Crippen molar-refractivity contribution >= 4 is 11.6 Å². The monoisotopic (exact) mass is 290 g/mol. The van der Waals surface area contributed by atoms with E-state index < -0.39 is 0 Å². The van der Waals surface area contributed by atoms with Gasteiger partial charge in [-0.05, 0) is 55.8 Å². The lowest BCUT2D eigenvalue weighted by atomic mass is 9.90. The molecule has 0 spiro atoms. The van der Waals surface area contributed by atoms with E-state index in [0.29, 0.717) is 5.92 Å². The van der Waals surface area contributed by atoms with Gasteiger partial charge in [0.2, 0.25) is 5.91 Å². The molecule has 2 unspecified atom stereocenters. The van der Waals surface area contributed by atoms with Gasteiger partial charge in [-0.3, -0.25) is 4.79 Å². The Labute approximate surface area is 126 Å². The quantitative estimate of drug-likeness (QED) is 0.753. The summed E-state index contributed by atoms with van der Waals surface area (Å²) in [4.78, 5) is 12.3. The van der Waals surface area contributed by atoms with Crippen LogP contribution >= 0.6 is 0 Å². The zero-order chi connectivity index (χ0) is 15.1. The fourth-order valence-electron chi connectivity index (χ4n) is 2.88. The van der Waals surface area contributed by atoms with Gasteiger partial charge in [0.1, 0.15) is 0 Å². The Morgan fingerprint density at radius 1 is 1.48 bits per heavy atom. The Hall–Kier alpha value is -1.39. The minimum Gasteiger partial charge on any atom is -0.396 e. The molecule has 4 heteroatoms. The number of aryl methyl sites for hydroxylation is 1. The molecule has 21 heavy (non-hydrogen) atoms. The van der Waals surface area contributed by atoms with Crippen LogP contribution in [0.5, 0.6) is 0 Å². The predicted octanol–water partition coefficient (Wildman–Crippen LogP) is 2.33. The summed E-state index contributed by atoms with van der Waals surface area (Å²) in [6, 6.07) is 7.81. The van der Waals surface area contributed by atoms with Gasteiger partial charge in [0.15, 0.2) is 0 Å². The smallest absolute Gasteiger partial charge is 0.241 e. The number of aliphatic hydroxyl groups excluding tert-OH is 1. The summed E-state index contributed by atoms with van der Waals surface area (Å²) in [5.74, 6) is 0.713. The molecule has 2 atom stereocenters. The lowest BCUT2D eigenvalue weighted by Crippen LogP contribution is -2.46. The van der Waals surface area contributed by atoms with Gasteiger partial charge in [-0.25, -0.2) is 0 Å². The molecular formula is C17H26N2O2. The number of aliphatic hydroxyl groups is 1. The van der Waals surface area contributed by atoms with Crippen LogP contribution in [0.4, 0.5) is 5.69 Å². The van der Waals surface area contributed by atoms with Crippen LogP contribution in [0.15, 0.2) is 24.3 Å². The zero-order valence-corrected chi connectivity index (χ0v) is 12.8. The molecule has 1 amide bonds. The number of carbonyl (C=O) groups excluding carboxylic acids is 1. The molecule has 1 aromatic carbocycles. The largest absolute Gasteiger partial charge is 0.396 e. The Balaban J connectivity index is 1.92. The van der Waals surface area contributed by atoms with Crippen LogP contribution in [0.2, 0.25) is 0 Å². The van der Waals surface area contributed by atoms with E-state index in [1.807, 2.05) is 24.3 Å². The first-order valence-electron chi connectivity index (χ1n) is 7.97. The Kier molecular flexibility index (Phi) is 6.21. The van der Waals surface area contributed by atoms with Gasteiger partial charge < -0.3 is 15.7 Å². The number of anilines is 1. The van der Waals surface area contributed by atoms with Crippen LogP contribution in [0.1, 0.15) is 38.2 Å². The van der Waals surface area contributed by atoms with Crippen molar-refractivity contribution in [2.75, 3.05) is 18.5 Å². The van der Waals surface area contributed by atoms with Gasteiger partial charge >= 0.3 is 0 Å². The van der Waals surface area contributed by atoms with E-state index in [1.165, 1.54) is 0 Å². The van der Waals surface area contributed by atoms with Gasteiger partial charge in [0.05, 0.1) is 6.04 Å². The summed E-state index contributed by atoms with van der Waals surface area (Å²) in [5, 5.41) is 15.2. The number of nitrogens with one attached hydrogen (secondary N) is 2. The Morgan fingerprint density at radius 2 is 2.33 bits per heavy atom. The third-order valence-electron chi connectivity index (χ3n) is 4.22. The first-order valence-corrected chi connectivity index (χ1v) is 7.97. The van der Waals surface area contributed by atoms with Crippen molar-refractivity contribution in [2.24, 2.45) is 5.92 Å². The fraction of sp³-hybridized carbons (Fsp3) is 0.588. The molecule has 1 aliphatic rings. The van der Waals surface area contributed by atoms with Gasteiger partial charge in [-0.15, -0.1) is 0 Å². The molecule has 3 N–H and O–H groups in total. The van der Waals surface area contributed by atoms with Crippen molar-refractivity contribution in [2.45, 2.75) is 45.1 Å². The van der Waals surface area contributed by atoms with E-state index >= 15 is 0 Å². The molecule has 1 fully saturated rings. The lowest BCUT2D eigenvalue weighted by Gasteiger charge is -2.28. The highest BCUT2D eigenvalue weighted by Crippen LogP contribution is 2.20. The number of carbonyl (C=O) groups is 1. The van der Waals surface area contributed by atoms with Crippen LogP contribution in [0.25, 0.3) is 0 Å². The molecule has 116 valence electrons. The Bertz CT molecular complexity index is 462. The highest BCUT2D eigenvalue weighted by Gasteiger charge is 2.25. The molecule has 0 bridgehead atoms. The maximum absolute atomic E-state index is 12.3. The van der Waals surface area contributed by atoms with E-state index in [9.17, 15) is 4.79 Å². The van der Waals surface area contributed by atoms with Gasteiger partial charge in [0, 0.05) is 12.3 Å². The summed E-state index contributed by atoms with van der Waals surface area (Å²) >= 11 is 0. The number of piperidine rings is 1. The number of rotatable bonds is 6. The molecule has 0 aromatic heterocycles. The van der Waals surface area contributed by atoms with Crippen LogP contribution in [-0.2, 0) is 11.2 Å². The topological polar surface area (TPSA) is 61.4 Å². The van der Waals surface area contributed by atoms with E-state index in [-0.39, 0.29) is 18.6 Å². The van der Waals surface area contributed by atoms with Gasteiger partial charge in [-0.2, -0.15) is 0 Å². The zero-order valence-electron chi connectivity index (χ0n) is 12.8. The molecule has 0 saturated carbocycles. The molecule has 1 heterocycles. The lowest BCUT2D eigenvalue weighted by molar-refractivity contribution is -0.119. The van der Waals surface area contributed by atoms with Gasteiger partial charge in [0.25, 0.3) is 0 Å². The summed E-state index contributed by atoms with van der Waals surface area (Å²) in [6.07, 6.45) is 4.81. The highest BCUT2D eigenvalue weighted by atomic mass is 16.2. The summed E-state index contributed by atoms with van der Waals surface area (Å²) in [7, 11) is 0. The SMILES string of the molecule is CCC1CCNC(C(=O)Nc2cccc(CCCO)c2)C1. The minimum atomic E-state index is -0.0789. The number of benzene rings is 1. The normalized spacial score (nSPS) is 22.0. The van der Waals surface area contributed by atoms with Crippen molar-refractivity contribution in [3.8, 4) is 0 Å². The summed E-state index contributed by atoms with van der Waals surface area (Å²) in [5.41, 5.74) is 1.99. The maximum Gasteiger partial charge on any atom is 0.241 e. The second kappa shape index (κ2) is 8.15. The summed E-state index contributed by atoms with van der Waals surface area (Å²) < 4.78 is 0. The third kappa shape index (κ3) is 4.83. The second-order valence-electron chi connectivity index (χ2n) is 5.82. The van der Waals surface area contributed by atoms with Crippen molar-refractivity contribution in [3.63, 3.8) is 0 Å². The number of hydrogen-bond donors (Lipinski definition) is 3. The van der Waals surface area contributed by atoms with Crippen LogP contribution < -0.4 is 10.6 Å². The van der Waals surface area contributed by atoms with Crippen molar-refractivity contribution in [3.05, 3.63) is 29.8 Å². The second-order valence-corrected chi connectivity index (χ2v) is 5.82. The number of amides is 1. The molecule has 4 nitrogen and oxygen atoms in total. The Morgan fingerprint density at radius 3 is 3.10 bits per heavy atom. The van der Waals surface area contributed by atoms with E-state index in [4.69, 9.17) is 5.11 Å². The highest BCUT2D eigenvalue weighted by molar-refractivity contribution is 5.94. The molecule has 1 saturated heterocycles. The first kappa shape index (κ1) is 16.0. The number of hydrogen-bond acceptors (Lipinski definition) is 3. The molecule has 1 aromatic rings. The van der Waals surface area contributed by atoms with E-state index in [0.717, 1.165) is 49.9 Å². The average molecular weight is 290 g/mol. The molecule has 0 aliphatic carbocycles. The van der Waals surface area contributed by atoms with Crippen LogP contribution in [0.3, 0.4) is 0 Å². The van der Waals surface area contributed by atoms with E-state index in [2.05, 4.69) is 17.6 Å². The standard InChI is InChI=1S/C17H26N2O2/c1-2-13-8-9-18-16(12-13)17(21)19-15-7-3-5-14(11-15)6-4-10-20/h3,5,7,11,13,16,18,20H,2,4,6,8-10,12H2,1H3,(H,19,21). The summed E-state index contributed by atoms with van der Waals surface area (Å²) in [6.45, 7) is 3.31. The molecule has 2 rings (SSSR count). The molecular weight excluding hydrogens is 264 g/mol. The van der Waals surface area contributed by atoms with Crippen LogP contribution in [0, 0.1) is 5.92 Å². The maximum atomic E-state index is 12.3. The van der Waals surface area contributed by atoms with Gasteiger partial charge in [-0.1, -0.05) is 25.5 Å².